The number of pyridine rings is 2. The maximum atomic E-state index is 13.9. The summed E-state index contributed by atoms with van der Waals surface area (Å²) in [5, 5.41) is 1.94. The van der Waals surface area contributed by atoms with E-state index in [1.54, 1.807) is 24.7 Å². The van der Waals surface area contributed by atoms with Gasteiger partial charge in [-0.2, -0.15) is 0 Å². The van der Waals surface area contributed by atoms with Gasteiger partial charge in [0.1, 0.15) is 5.82 Å². The first-order chi connectivity index (χ1) is 9.81. The average molecular weight is 268 g/mol. The summed E-state index contributed by atoms with van der Waals surface area (Å²) in [4.78, 5) is 8.28. The number of rotatable bonds is 3. The Morgan fingerprint density at radius 2 is 1.95 bits per heavy atom. The highest BCUT2D eigenvalue weighted by Crippen LogP contribution is 2.27. The monoisotopic (exact) mass is 268 g/mol. The fourth-order valence-electron chi connectivity index (χ4n) is 2.30. The van der Waals surface area contributed by atoms with Gasteiger partial charge in [0, 0.05) is 29.5 Å². The minimum Gasteiger partial charge on any atom is -0.271 e. The first-order valence-electron chi connectivity index (χ1n) is 6.20. The molecule has 2 heterocycles. The van der Waals surface area contributed by atoms with E-state index in [1.165, 1.54) is 6.07 Å². The van der Waals surface area contributed by atoms with Crippen LogP contribution in [-0.4, -0.2) is 9.97 Å². The van der Waals surface area contributed by atoms with Gasteiger partial charge >= 0.3 is 0 Å². The number of benzene rings is 1. The highest BCUT2D eigenvalue weighted by atomic mass is 19.1. The molecule has 0 aliphatic heterocycles. The Hall–Kier alpha value is -2.37. The van der Waals surface area contributed by atoms with E-state index in [1.807, 2.05) is 24.3 Å². The minimum absolute atomic E-state index is 0.258. The van der Waals surface area contributed by atoms with Crippen LogP contribution >= 0.6 is 0 Å². The van der Waals surface area contributed by atoms with Crippen LogP contribution in [0, 0.1) is 5.82 Å². The molecule has 0 aliphatic rings. The van der Waals surface area contributed by atoms with Gasteiger partial charge in [-0.25, -0.2) is 9.82 Å². The Labute approximate surface area is 115 Å². The number of hydrogen-bond donors (Lipinski definition) is 2. The van der Waals surface area contributed by atoms with Crippen molar-refractivity contribution in [1.29, 1.82) is 0 Å². The molecule has 0 fully saturated rings. The second-order valence-corrected chi connectivity index (χ2v) is 4.42. The number of nitrogens with one attached hydrogen (secondary N) is 1. The van der Waals surface area contributed by atoms with Crippen molar-refractivity contribution in [1.82, 2.24) is 15.4 Å². The number of aromatic nitrogens is 2. The lowest BCUT2D eigenvalue weighted by molar-refractivity contribution is 0.544. The summed E-state index contributed by atoms with van der Waals surface area (Å²) in [5.74, 6) is 5.21. The van der Waals surface area contributed by atoms with E-state index in [-0.39, 0.29) is 5.69 Å². The van der Waals surface area contributed by atoms with Gasteiger partial charge < -0.3 is 0 Å². The van der Waals surface area contributed by atoms with Crippen LogP contribution in [0.1, 0.15) is 17.3 Å². The molecule has 1 unspecified atom stereocenters. The molecule has 0 amide bonds. The number of hydrogen-bond acceptors (Lipinski definition) is 4. The van der Waals surface area contributed by atoms with E-state index in [0.29, 0.717) is 0 Å². The number of fused-ring (bicyclic) bond motifs is 1. The van der Waals surface area contributed by atoms with E-state index < -0.39 is 11.9 Å². The van der Waals surface area contributed by atoms with E-state index in [9.17, 15) is 4.39 Å². The van der Waals surface area contributed by atoms with E-state index in [4.69, 9.17) is 5.84 Å². The van der Waals surface area contributed by atoms with Crippen molar-refractivity contribution in [2.24, 2.45) is 5.84 Å². The van der Waals surface area contributed by atoms with Crippen LogP contribution < -0.4 is 11.3 Å². The molecule has 2 aromatic heterocycles. The molecular formula is C15H13FN4. The van der Waals surface area contributed by atoms with Crippen molar-refractivity contribution >= 4 is 10.8 Å². The van der Waals surface area contributed by atoms with Gasteiger partial charge in [-0.1, -0.05) is 24.3 Å². The van der Waals surface area contributed by atoms with Gasteiger partial charge in [0.05, 0.1) is 11.7 Å². The highest BCUT2D eigenvalue weighted by Gasteiger charge is 2.20. The zero-order valence-corrected chi connectivity index (χ0v) is 10.6. The second-order valence-electron chi connectivity index (χ2n) is 4.42. The largest absolute Gasteiger partial charge is 0.271 e. The lowest BCUT2D eigenvalue weighted by atomic mass is 9.99. The maximum Gasteiger partial charge on any atom is 0.146 e. The van der Waals surface area contributed by atoms with Gasteiger partial charge in [0.25, 0.3) is 0 Å². The third-order valence-electron chi connectivity index (χ3n) is 3.24. The molecule has 0 saturated carbocycles. The van der Waals surface area contributed by atoms with Crippen LogP contribution in [0.2, 0.25) is 0 Å². The summed E-state index contributed by atoms with van der Waals surface area (Å²) >= 11 is 0. The van der Waals surface area contributed by atoms with E-state index in [2.05, 4.69) is 15.4 Å². The highest BCUT2D eigenvalue weighted by molar-refractivity contribution is 5.85. The molecule has 100 valence electrons. The molecule has 20 heavy (non-hydrogen) atoms. The number of nitrogens with two attached hydrogens (primary N) is 1. The first kappa shape index (κ1) is 12.7. The fourth-order valence-corrected chi connectivity index (χ4v) is 2.30. The first-order valence-corrected chi connectivity index (χ1v) is 6.20. The van der Waals surface area contributed by atoms with E-state index in [0.717, 1.165) is 16.3 Å². The topological polar surface area (TPSA) is 63.8 Å². The average Bonchev–Trinajstić information content (AvgIpc) is 2.50. The van der Waals surface area contributed by atoms with Crippen molar-refractivity contribution in [3.63, 3.8) is 0 Å². The van der Waals surface area contributed by atoms with Crippen molar-refractivity contribution in [2.45, 2.75) is 6.04 Å². The Morgan fingerprint density at radius 1 is 1.10 bits per heavy atom. The van der Waals surface area contributed by atoms with Crippen LogP contribution in [0.4, 0.5) is 4.39 Å². The van der Waals surface area contributed by atoms with Gasteiger partial charge in [0.15, 0.2) is 0 Å². The summed E-state index contributed by atoms with van der Waals surface area (Å²) in [6.45, 7) is 0. The normalized spacial score (nSPS) is 12.5. The van der Waals surface area contributed by atoms with Gasteiger partial charge in [0.2, 0.25) is 0 Å². The van der Waals surface area contributed by atoms with Gasteiger partial charge in [-0.3, -0.25) is 15.8 Å². The van der Waals surface area contributed by atoms with Gasteiger partial charge in [-0.05, 0) is 17.5 Å². The molecule has 3 N–H and O–H groups in total. The molecule has 1 atom stereocenters. The zero-order valence-electron chi connectivity index (χ0n) is 10.6. The predicted octanol–water partition coefficient (Wildman–Crippen LogP) is 2.32. The molecule has 0 spiro atoms. The summed E-state index contributed by atoms with van der Waals surface area (Å²) < 4.78 is 13.9. The Balaban J connectivity index is 2.20. The van der Waals surface area contributed by atoms with Crippen LogP contribution in [0.5, 0.6) is 0 Å². The molecule has 0 radical (unpaired) electrons. The van der Waals surface area contributed by atoms with E-state index >= 15 is 0 Å². The SMILES string of the molecule is NNC(c1ncccc1F)c1cncc2ccccc12. The van der Waals surface area contributed by atoms with Crippen LogP contribution in [-0.2, 0) is 0 Å². The number of halogens is 1. The summed E-state index contributed by atoms with van der Waals surface area (Å²) in [6.07, 6.45) is 4.99. The Morgan fingerprint density at radius 3 is 2.75 bits per heavy atom. The molecule has 4 nitrogen and oxygen atoms in total. The standard InChI is InChI=1S/C15H13FN4/c16-13-6-3-7-19-15(13)14(20-17)12-9-18-8-10-4-1-2-5-11(10)12/h1-9,14,20H,17H2. The van der Waals surface area contributed by atoms with Crippen LogP contribution in [0.25, 0.3) is 10.8 Å². The molecule has 3 rings (SSSR count). The van der Waals surface area contributed by atoms with Crippen molar-refractivity contribution < 1.29 is 4.39 Å². The predicted molar refractivity (Wildman–Crippen MR) is 75.1 cm³/mol. The summed E-state index contributed by atoms with van der Waals surface area (Å²) in [5.41, 5.74) is 3.68. The maximum absolute atomic E-state index is 13.9. The van der Waals surface area contributed by atoms with Crippen LogP contribution in [0.15, 0.2) is 55.0 Å². The molecule has 0 bridgehead atoms. The fraction of sp³-hybridized carbons (Fsp3) is 0.0667. The van der Waals surface area contributed by atoms with Crippen molar-refractivity contribution in [3.05, 3.63) is 72.1 Å². The molecule has 0 aliphatic carbocycles. The zero-order chi connectivity index (χ0) is 13.9. The van der Waals surface area contributed by atoms with Crippen LogP contribution in [0.3, 0.4) is 0 Å². The van der Waals surface area contributed by atoms with Crippen molar-refractivity contribution in [2.75, 3.05) is 0 Å². The lowest BCUT2D eigenvalue weighted by Crippen LogP contribution is -2.30. The lowest BCUT2D eigenvalue weighted by Gasteiger charge is -2.17. The Kier molecular flexibility index (Phi) is 3.37. The second kappa shape index (κ2) is 5.32. The molecule has 3 aromatic rings. The van der Waals surface area contributed by atoms with Gasteiger partial charge in [-0.15, -0.1) is 0 Å². The molecule has 1 aromatic carbocycles. The third-order valence-corrected chi connectivity index (χ3v) is 3.24. The van der Waals surface area contributed by atoms with Crippen molar-refractivity contribution in [3.8, 4) is 0 Å². The minimum atomic E-state index is -0.546. The molecular weight excluding hydrogens is 255 g/mol. The summed E-state index contributed by atoms with van der Waals surface area (Å²) in [7, 11) is 0. The summed E-state index contributed by atoms with van der Waals surface area (Å²) in [6, 6.07) is 10.1. The molecule has 5 heteroatoms. The smallest absolute Gasteiger partial charge is 0.146 e. The third kappa shape index (κ3) is 2.13. The molecule has 0 saturated heterocycles. The quantitative estimate of drug-likeness (QED) is 0.565. The Bertz CT molecular complexity index is 739. The number of hydrazine groups is 1. The number of nitrogens with zero attached hydrogens (tertiary/aromatic N) is 2.